The van der Waals surface area contributed by atoms with E-state index in [1.165, 1.54) is 16.4 Å². The van der Waals surface area contributed by atoms with Crippen LogP contribution in [0.3, 0.4) is 0 Å². The predicted molar refractivity (Wildman–Crippen MR) is 99.3 cm³/mol. The van der Waals surface area contributed by atoms with Crippen molar-refractivity contribution < 1.29 is 27.3 Å². The summed E-state index contributed by atoms with van der Waals surface area (Å²) in [5, 5.41) is 0. The minimum Gasteiger partial charge on any atom is -0.368 e. The Morgan fingerprint density at radius 2 is 1.75 bits per heavy atom. The first-order valence-electron chi connectivity index (χ1n) is 9.47. The summed E-state index contributed by atoms with van der Waals surface area (Å²) in [6.45, 7) is 2.28. The number of amides is 2. The zero-order valence-electron chi connectivity index (χ0n) is 15.6. The van der Waals surface area contributed by atoms with E-state index >= 15 is 0 Å². The molecule has 2 amide bonds. The van der Waals surface area contributed by atoms with Crippen LogP contribution in [-0.4, -0.2) is 74.7 Å². The smallest absolute Gasteiger partial charge is 0.278 e. The first-order chi connectivity index (χ1) is 13.3. The summed E-state index contributed by atoms with van der Waals surface area (Å²) >= 11 is 0. The molecule has 1 atom stereocenters. The number of hydrogen-bond donors (Lipinski definition) is 2. The molecule has 2 saturated heterocycles. The highest BCUT2D eigenvalue weighted by atomic mass is 32.2. The minimum atomic E-state index is -3.67. The topological polar surface area (TPSA) is 105 Å². The van der Waals surface area contributed by atoms with Crippen LogP contribution in [0.25, 0.3) is 0 Å². The van der Waals surface area contributed by atoms with Crippen LogP contribution in [0.4, 0.5) is 4.39 Å². The average molecular weight is 413 g/mol. The van der Waals surface area contributed by atoms with Crippen LogP contribution in [0.2, 0.25) is 0 Å². The molecule has 0 radical (unpaired) electrons. The molecule has 0 bridgehead atoms. The zero-order valence-corrected chi connectivity index (χ0v) is 16.5. The van der Waals surface area contributed by atoms with Crippen molar-refractivity contribution in [2.75, 3.05) is 39.3 Å². The summed E-state index contributed by atoms with van der Waals surface area (Å²) in [5.41, 5.74) is 5.42. The Bertz CT molecular complexity index is 822. The second-order valence-corrected chi connectivity index (χ2v) is 9.22. The van der Waals surface area contributed by atoms with E-state index in [0.717, 1.165) is 29.9 Å². The van der Waals surface area contributed by atoms with Crippen molar-refractivity contribution in [3.63, 3.8) is 0 Å². The van der Waals surface area contributed by atoms with E-state index in [1.54, 1.807) is 4.90 Å². The highest BCUT2D eigenvalue weighted by Crippen LogP contribution is 2.17. The van der Waals surface area contributed by atoms with Gasteiger partial charge in [-0.1, -0.05) is 0 Å². The second-order valence-electron chi connectivity index (χ2n) is 7.29. The van der Waals surface area contributed by atoms with Crippen LogP contribution in [0.1, 0.15) is 19.3 Å². The Balaban J connectivity index is 1.57. The molecular weight excluding hydrogens is 387 g/mol. The number of primary amides is 1. The number of rotatable bonds is 5. The van der Waals surface area contributed by atoms with Gasteiger partial charge in [-0.3, -0.25) is 9.59 Å². The van der Waals surface area contributed by atoms with Crippen LogP contribution in [0, 0.1) is 5.82 Å². The van der Waals surface area contributed by atoms with Crippen LogP contribution in [0.15, 0.2) is 29.2 Å². The lowest BCUT2D eigenvalue weighted by molar-refractivity contribution is -0.896. The van der Waals surface area contributed by atoms with Gasteiger partial charge in [-0.25, -0.2) is 12.8 Å². The van der Waals surface area contributed by atoms with E-state index in [1.807, 2.05) is 0 Å². The predicted octanol–water partition coefficient (Wildman–Crippen LogP) is -1.42. The Labute approximate surface area is 164 Å². The fourth-order valence-electron chi connectivity index (χ4n) is 3.82. The zero-order chi connectivity index (χ0) is 20.3. The Morgan fingerprint density at radius 3 is 2.36 bits per heavy atom. The monoisotopic (exact) mass is 413 g/mol. The van der Waals surface area contributed by atoms with Gasteiger partial charge in [0.1, 0.15) is 11.9 Å². The number of benzene rings is 1. The van der Waals surface area contributed by atoms with Crippen LogP contribution < -0.4 is 10.6 Å². The van der Waals surface area contributed by atoms with E-state index in [2.05, 4.69) is 0 Å². The van der Waals surface area contributed by atoms with Gasteiger partial charge in [-0.05, 0) is 43.5 Å². The molecule has 10 heteroatoms. The molecule has 2 fully saturated rings. The molecule has 3 N–H and O–H groups in total. The highest BCUT2D eigenvalue weighted by molar-refractivity contribution is 7.89. The van der Waals surface area contributed by atoms with E-state index in [-0.39, 0.29) is 30.4 Å². The molecule has 1 aromatic carbocycles. The van der Waals surface area contributed by atoms with E-state index in [4.69, 9.17) is 5.73 Å². The third-order valence-electron chi connectivity index (χ3n) is 5.43. The maximum absolute atomic E-state index is 13.0. The van der Waals surface area contributed by atoms with Gasteiger partial charge in [0.25, 0.3) is 5.91 Å². The number of nitrogens with zero attached hydrogens (tertiary/aromatic N) is 2. The fourth-order valence-corrected chi connectivity index (χ4v) is 5.26. The van der Waals surface area contributed by atoms with Gasteiger partial charge < -0.3 is 15.5 Å². The molecule has 3 rings (SSSR count). The molecule has 0 aliphatic carbocycles. The van der Waals surface area contributed by atoms with Crippen LogP contribution in [0.5, 0.6) is 0 Å². The first kappa shape index (κ1) is 20.7. The molecule has 8 nitrogen and oxygen atoms in total. The number of likely N-dealkylation sites (tertiary alicyclic amines) is 1. The molecule has 154 valence electrons. The van der Waals surface area contributed by atoms with Gasteiger partial charge in [0.15, 0.2) is 6.54 Å². The molecule has 0 unspecified atom stereocenters. The van der Waals surface area contributed by atoms with E-state index < -0.39 is 27.8 Å². The summed E-state index contributed by atoms with van der Waals surface area (Å²) in [5.74, 6) is -1.08. The number of piperazine rings is 1. The minimum absolute atomic E-state index is 0.0612. The lowest BCUT2D eigenvalue weighted by Crippen LogP contribution is -3.15. The van der Waals surface area contributed by atoms with Crippen molar-refractivity contribution in [2.45, 2.75) is 30.2 Å². The molecule has 0 saturated carbocycles. The van der Waals surface area contributed by atoms with Crippen molar-refractivity contribution in [3.05, 3.63) is 30.1 Å². The van der Waals surface area contributed by atoms with Crippen molar-refractivity contribution in [3.8, 4) is 0 Å². The SMILES string of the molecule is NC(=O)[C@@H]1CCCCN1C(=O)C[NH+]1CCN(S(=O)(=O)c2ccc(F)cc2)CC1. The fraction of sp³-hybridized carbons (Fsp3) is 0.556. The third-order valence-corrected chi connectivity index (χ3v) is 7.35. The third kappa shape index (κ3) is 4.50. The van der Waals surface area contributed by atoms with Gasteiger partial charge in [0, 0.05) is 6.54 Å². The number of quaternary nitrogens is 1. The first-order valence-corrected chi connectivity index (χ1v) is 10.9. The van der Waals surface area contributed by atoms with Crippen LogP contribution >= 0.6 is 0 Å². The van der Waals surface area contributed by atoms with Gasteiger partial charge in [-0.15, -0.1) is 0 Å². The van der Waals surface area contributed by atoms with E-state index in [0.29, 0.717) is 26.1 Å². The number of carbonyl (C=O) groups is 2. The van der Waals surface area contributed by atoms with Crippen molar-refractivity contribution in [1.29, 1.82) is 0 Å². The summed E-state index contributed by atoms with van der Waals surface area (Å²) in [6, 6.07) is 4.23. The number of nitrogens with two attached hydrogens (primary N) is 1. The van der Waals surface area contributed by atoms with Crippen molar-refractivity contribution in [2.24, 2.45) is 5.73 Å². The quantitative estimate of drug-likeness (QED) is 0.618. The lowest BCUT2D eigenvalue weighted by Gasteiger charge is -2.36. The number of piperidine rings is 1. The van der Waals surface area contributed by atoms with Gasteiger partial charge in [0.2, 0.25) is 15.9 Å². The summed E-state index contributed by atoms with van der Waals surface area (Å²) in [4.78, 5) is 26.8. The summed E-state index contributed by atoms with van der Waals surface area (Å²) < 4.78 is 39.7. The molecule has 2 aliphatic heterocycles. The Morgan fingerprint density at radius 1 is 1.11 bits per heavy atom. The average Bonchev–Trinajstić information content (AvgIpc) is 2.68. The van der Waals surface area contributed by atoms with E-state index in [9.17, 15) is 22.4 Å². The summed E-state index contributed by atoms with van der Waals surface area (Å²) in [6.07, 6.45) is 2.33. The molecule has 28 heavy (non-hydrogen) atoms. The molecule has 2 aliphatic rings. The number of sulfonamides is 1. The van der Waals surface area contributed by atoms with Crippen molar-refractivity contribution in [1.82, 2.24) is 9.21 Å². The maximum Gasteiger partial charge on any atom is 0.278 e. The molecule has 0 spiro atoms. The number of hydrogen-bond acceptors (Lipinski definition) is 4. The van der Waals surface area contributed by atoms with Gasteiger partial charge in [0.05, 0.1) is 31.1 Å². The normalized spacial score (nSPS) is 22.2. The number of nitrogens with one attached hydrogen (secondary N) is 1. The standard InChI is InChI=1S/C18H25FN4O4S/c19-14-4-6-15(7-5-14)28(26,27)22-11-9-21(10-12-22)13-17(24)23-8-2-1-3-16(23)18(20)25/h4-7,16H,1-3,8-13H2,(H2,20,25)/p+1/t16-/m0/s1. The van der Waals surface area contributed by atoms with Gasteiger partial charge >= 0.3 is 0 Å². The van der Waals surface area contributed by atoms with Gasteiger partial charge in [-0.2, -0.15) is 4.31 Å². The Hall–Kier alpha value is -2.04. The van der Waals surface area contributed by atoms with Crippen molar-refractivity contribution >= 4 is 21.8 Å². The highest BCUT2D eigenvalue weighted by Gasteiger charge is 2.35. The number of carbonyl (C=O) groups excluding carboxylic acids is 2. The molecule has 0 aromatic heterocycles. The lowest BCUT2D eigenvalue weighted by atomic mass is 10.0. The molecule has 2 heterocycles. The number of halogens is 1. The Kier molecular flexibility index (Phi) is 6.31. The molecule has 1 aromatic rings. The second kappa shape index (κ2) is 8.54. The maximum atomic E-state index is 13.0. The largest absolute Gasteiger partial charge is 0.368 e. The van der Waals surface area contributed by atoms with Crippen LogP contribution in [-0.2, 0) is 19.6 Å². The molecular formula is C18H26FN4O4S+. The summed E-state index contributed by atoms with van der Waals surface area (Å²) in [7, 11) is -3.67.